The molecule has 33 heavy (non-hydrogen) atoms. The van der Waals surface area contributed by atoms with Crippen molar-refractivity contribution in [2.45, 2.75) is 44.8 Å². The molecule has 10 heteroatoms. The van der Waals surface area contributed by atoms with Crippen molar-refractivity contribution in [3.63, 3.8) is 0 Å². The monoisotopic (exact) mass is 457 g/mol. The number of hydrogen-bond donors (Lipinski definition) is 1. The first kappa shape index (κ1) is 23.0. The zero-order valence-electron chi connectivity index (χ0n) is 19.0. The molecule has 1 atom stereocenters. The van der Waals surface area contributed by atoms with Crippen LogP contribution in [0.2, 0.25) is 0 Å². The molecular weight excluding hydrogens is 426 g/mol. The minimum Gasteiger partial charge on any atom is -0.497 e. The number of rotatable bonds is 1. The van der Waals surface area contributed by atoms with Crippen LogP contribution in [-0.2, 0) is 22.5 Å². The van der Waals surface area contributed by atoms with E-state index in [1.807, 2.05) is 6.20 Å². The van der Waals surface area contributed by atoms with Gasteiger partial charge in [0.1, 0.15) is 11.5 Å². The number of fused-ring (bicyclic) bond motifs is 5. The predicted octanol–water partition coefficient (Wildman–Crippen LogP) is 1.44. The van der Waals surface area contributed by atoms with E-state index in [2.05, 4.69) is 15.6 Å². The molecule has 4 bridgehead atoms. The van der Waals surface area contributed by atoms with Gasteiger partial charge in [-0.05, 0) is 37.5 Å². The van der Waals surface area contributed by atoms with Crippen molar-refractivity contribution in [2.24, 2.45) is 0 Å². The van der Waals surface area contributed by atoms with Gasteiger partial charge in [0, 0.05) is 45.2 Å². The first-order valence-electron chi connectivity index (χ1n) is 11.5. The Morgan fingerprint density at radius 3 is 2.94 bits per heavy atom. The Labute approximate surface area is 193 Å². The number of carbonyl (C=O) groups is 2. The third kappa shape index (κ3) is 6.22. The molecule has 1 saturated heterocycles. The van der Waals surface area contributed by atoms with Gasteiger partial charge in [-0.1, -0.05) is 5.21 Å². The van der Waals surface area contributed by atoms with Crippen LogP contribution in [0, 0.1) is 0 Å². The van der Waals surface area contributed by atoms with Crippen LogP contribution in [0.1, 0.15) is 41.7 Å². The zero-order chi connectivity index (χ0) is 23.0. The standard InChI is InChI=1S/C23H31N5O5/c1-31-18-6-7-21-20(14-18)23(30)27-11-13-32-19(16-27)8-9-24-22(29)5-2-4-17-15-28(26-25-17)10-3-12-33-21/h6-7,14-15,19H,2-5,8-13,16H2,1H3,(H,24,29). The molecule has 0 saturated carbocycles. The van der Waals surface area contributed by atoms with Gasteiger partial charge in [-0.15, -0.1) is 5.10 Å². The van der Waals surface area contributed by atoms with Crippen molar-refractivity contribution in [1.82, 2.24) is 25.2 Å². The Hall–Kier alpha value is -3.14. The highest BCUT2D eigenvalue weighted by Crippen LogP contribution is 2.27. The summed E-state index contributed by atoms with van der Waals surface area (Å²) in [6.07, 6.45) is 5.01. The summed E-state index contributed by atoms with van der Waals surface area (Å²) in [5.74, 6) is 1.03. The molecule has 2 aromatic rings. The number of nitrogens with zero attached hydrogens (tertiary/aromatic N) is 4. The number of morpholine rings is 1. The van der Waals surface area contributed by atoms with Crippen LogP contribution < -0.4 is 14.8 Å². The van der Waals surface area contributed by atoms with Gasteiger partial charge in [0.15, 0.2) is 0 Å². The van der Waals surface area contributed by atoms with Gasteiger partial charge in [-0.25, -0.2) is 0 Å². The van der Waals surface area contributed by atoms with Crippen LogP contribution in [0.25, 0.3) is 0 Å². The predicted molar refractivity (Wildman–Crippen MR) is 119 cm³/mol. The quantitative estimate of drug-likeness (QED) is 0.690. The summed E-state index contributed by atoms with van der Waals surface area (Å²) >= 11 is 0. The van der Waals surface area contributed by atoms with Crippen molar-refractivity contribution in [1.29, 1.82) is 0 Å². The van der Waals surface area contributed by atoms with Gasteiger partial charge in [-0.3, -0.25) is 14.3 Å². The first-order valence-corrected chi connectivity index (χ1v) is 11.5. The molecule has 10 nitrogen and oxygen atoms in total. The molecule has 4 rings (SSSR count). The molecule has 0 spiro atoms. The molecule has 2 aliphatic heterocycles. The Balaban J connectivity index is 1.51. The highest BCUT2D eigenvalue weighted by molar-refractivity contribution is 5.97. The van der Waals surface area contributed by atoms with Crippen LogP contribution in [0.3, 0.4) is 0 Å². The second kappa shape index (κ2) is 11.1. The minimum absolute atomic E-state index is 0.0127. The van der Waals surface area contributed by atoms with E-state index in [1.165, 1.54) is 0 Å². The highest BCUT2D eigenvalue weighted by atomic mass is 16.5. The number of benzene rings is 1. The van der Waals surface area contributed by atoms with E-state index in [4.69, 9.17) is 14.2 Å². The Bertz CT molecular complexity index is 962. The summed E-state index contributed by atoms with van der Waals surface area (Å²) in [6.45, 7) is 3.04. The van der Waals surface area contributed by atoms with Crippen molar-refractivity contribution >= 4 is 11.8 Å². The fourth-order valence-electron chi connectivity index (χ4n) is 4.04. The Morgan fingerprint density at radius 1 is 1.15 bits per heavy atom. The third-order valence-electron chi connectivity index (χ3n) is 5.84. The van der Waals surface area contributed by atoms with E-state index in [9.17, 15) is 9.59 Å². The van der Waals surface area contributed by atoms with Gasteiger partial charge < -0.3 is 24.4 Å². The normalized spacial score (nSPS) is 20.9. The van der Waals surface area contributed by atoms with Crippen LogP contribution in [0.15, 0.2) is 24.4 Å². The van der Waals surface area contributed by atoms with Crippen molar-refractivity contribution in [3.05, 3.63) is 35.7 Å². The van der Waals surface area contributed by atoms with Gasteiger partial charge >= 0.3 is 0 Å². The van der Waals surface area contributed by atoms with E-state index >= 15 is 0 Å². The lowest BCUT2D eigenvalue weighted by Crippen LogP contribution is -2.46. The highest BCUT2D eigenvalue weighted by Gasteiger charge is 2.27. The minimum atomic E-state index is -0.126. The molecule has 0 radical (unpaired) electrons. The number of methoxy groups -OCH3 is 1. The SMILES string of the molecule is COc1ccc2c(c1)C(=O)N1CCOC(CCNC(=O)CCCc3cn(nn3)CCCO2)C1. The topological polar surface area (TPSA) is 108 Å². The number of aryl methyl sites for hydroxylation is 2. The molecular formula is C23H31N5O5. The van der Waals surface area contributed by atoms with Crippen molar-refractivity contribution in [3.8, 4) is 11.5 Å². The second-order valence-corrected chi connectivity index (χ2v) is 8.27. The van der Waals surface area contributed by atoms with E-state index < -0.39 is 0 Å². The van der Waals surface area contributed by atoms with E-state index in [0.717, 1.165) is 12.1 Å². The Kier molecular flexibility index (Phi) is 7.77. The van der Waals surface area contributed by atoms with Crippen molar-refractivity contribution < 1.29 is 23.8 Å². The fourth-order valence-corrected chi connectivity index (χ4v) is 4.04. The molecule has 1 aromatic heterocycles. The lowest BCUT2D eigenvalue weighted by Gasteiger charge is -2.33. The molecule has 178 valence electrons. The molecule has 3 heterocycles. The number of hydrogen-bond acceptors (Lipinski definition) is 7. The largest absolute Gasteiger partial charge is 0.497 e. The molecule has 2 amide bonds. The van der Waals surface area contributed by atoms with Gasteiger partial charge in [0.2, 0.25) is 5.91 Å². The van der Waals surface area contributed by atoms with E-state index in [-0.39, 0.29) is 17.9 Å². The second-order valence-electron chi connectivity index (χ2n) is 8.27. The lowest BCUT2D eigenvalue weighted by molar-refractivity contribution is -0.121. The third-order valence-corrected chi connectivity index (χ3v) is 5.84. The summed E-state index contributed by atoms with van der Waals surface area (Å²) in [5.41, 5.74) is 1.35. The van der Waals surface area contributed by atoms with E-state index in [0.29, 0.717) is 82.1 Å². The van der Waals surface area contributed by atoms with Crippen LogP contribution >= 0.6 is 0 Å². The summed E-state index contributed by atoms with van der Waals surface area (Å²) in [7, 11) is 1.57. The smallest absolute Gasteiger partial charge is 0.257 e. The fraction of sp³-hybridized carbons (Fsp3) is 0.565. The molecule has 2 aliphatic rings. The number of nitrogens with one attached hydrogen (secondary N) is 1. The van der Waals surface area contributed by atoms with E-state index in [1.54, 1.807) is 34.9 Å². The average Bonchev–Trinajstić information content (AvgIpc) is 3.28. The van der Waals surface area contributed by atoms with Gasteiger partial charge in [0.25, 0.3) is 5.91 Å². The summed E-state index contributed by atoms with van der Waals surface area (Å²) < 4.78 is 18.9. The molecule has 1 aromatic carbocycles. The molecule has 1 N–H and O–H groups in total. The first-order chi connectivity index (χ1) is 16.1. The number of carbonyl (C=O) groups excluding carboxylic acids is 2. The summed E-state index contributed by atoms with van der Waals surface area (Å²) in [4.78, 5) is 27.3. The zero-order valence-corrected chi connectivity index (χ0v) is 19.0. The average molecular weight is 458 g/mol. The maximum Gasteiger partial charge on any atom is 0.257 e. The van der Waals surface area contributed by atoms with Crippen LogP contribution in [0.4, 0.5) is 0 Å². The molecule has 1 unspecified atom stereocenters. The van der Waals surface area contributed by atoms with Crippen LogP contribution in [0.5, 0.6) is 11.5 Å². The van der Waals surface area contributed by atoms with Crippen molar-refractivity contribution in [2.75, 3.05) is 40.0 Å². The lowest BCUT2D eigenvalue weighted by atomic mass is 10.1. The van der Waals surface area contributed by atoms with Gasteiger partial charge in [-0.2, -0.15) is 0 Å². The summed E-state index contributed by atoms with van der Waals surface area (Å²) in [6, 6.07) is 5.29. The molecule has 0 aliphatic carbocycles. The number of aromatic nitrogens is 3. The van der Waals surface area contributed by atoms with Crippen LogP contribution in [-0.4, -0.2) is 77.8 Å². The maximum absolute atomic E-state index is 13.4. The number of ether oxygens (including phenoxy) is 3. The maximum atomic E-state index is 13.4. The number of amides is 2. The summed E-state index contributed by atoms with van der Waals surface area (Å²) in [5, 5.41) is 11.3. The Morgan fingerprint density at radius 2 is 2.06 bits per heavy atom. The molecule has 1 fully saturated rings. The van der Waals surface area contributed by atoms with Gasteiger partial charge in [0.05, 0.1) is 37.7 Å².